The maximum Gasteiger partial charge on any atom is 0.418 e. The lowest BCUT2D eigenvalue weighted by Gasteiger charge is -2.13. The van der Waals surface area contributed by atoms with E-state index in [1.165, 1.54) is 36.4 Å². The number of rotatable bonds is 7. The highest BCUT2D eigenvalue weighted by Crippen LogP contribution is 2.35. The van der Waals surface area contributed by atoms with Gasteiger partial charge in [-0.2, -0.15) is 13.2 Å². The third-order valence-corrected chi connectivity index (χ3v) is 5.73. The van der Waals surface area contributed by atoms with Crippen LogP contribution in [0.2, 0.25) is 0 Å². The second kappa shape index (κ2) is 9.97. The molecule has 8 nitrogen and oxygen atoms in total. The molecular weight excluding hydrogens is 483 g/mol. The van der Waals surface area contributed by atoms with E-state index in [0.29, 0.717) is 17.1 Å². The van der Waals surface area contributed by atoms with Crippen LogP contribution in [0, 0.1) is 10.1 Å². The Labute approximate surface area is 201 Å². The number of nitrogens with one attached hydrogen (secondary N) is 1. The first kappa shape index (κ1) is 24.0. The van der Waals surface area contributed by atoms with Crippen molar-refractivity contribution in [3.8, 4) is 17.1 Å². The number of thioether (sulfide) groups is 1. The molecule has 1 aromatic heterocycles. The fourth-order valence-electron chi connectivity index (χ4n) is 3.27. The summed E-state index contributed by atoms with van der Waals surface area (Å²) < 4.78 is 41.3. The van der Waals surface area contributed by atoms with E-state index in [4.69, 9.17) is 0 Å². The van der Waals surface area contributed by atoms with Crippen LogP contribution in [0.4, 0.5) is 24.5 Å². The Hall–Kier alpha value is -4.19. The standard InChI is InChI=1S/C23H16F3N5O3S/c24-23(25,26)18-11-4-5-12-19(18)27-20(32)14-35-22-29-28-21(30(22)16-8-2-1-3-9-16)15-7-6-10-17(13-15)31(33)34/h1-13H,14H2,(H,27,32). The minimum atomic E-state index is -4.61. The molecule has 4 rings (SSSR count). The van der Waals surface area contributed by atoms with Gasteiger partial charge in [0.15, 0.2) is 11.0 Å². The molecule has 0 aliphatic carbocycles. The van der Waals surface area contributed by atoms with Gasteiger partial charge in [0.25, 0.3) is 5.69 Å². The van der Waals surface area contributed by atoms with Crippen LogP contribution < -0.4 is 5.32 Å². The number of alkyl halides is 3. The molecule has 35 heavy (non-hydrogen) atoms. The summed E-state index contributed by atoms with van der Waals surface area (Å²) >= 11 is 0.971. The van der Waals surface area contributed by atoms with Gasteiger partial charge >= 0.3 is 6.18 Å². The van der Waals surface area contributed by atoms with Crippen LogP contribution in [0.3, 0.4) is 0 Å². The molecule has 1 N–H and O–H groups in total. The van der Waals surface area contributed by atoms with Crippen LogP contribution in [0.25, 0.3) is 17.1 Å². The molecule has 0 aliphatic rings. The van der Waals surface area contributed by atoms with E-state index in [1.54, 1.807) is 41.0 Å². The molecule has 0 bridgehead atoms. The summed E-state index contributed by atoms with van der Waals surface area (Å²) in [6, 6.07) is 19.5. The number of amides is 1. The number of nitro benzene ring substituents is 1. The van der Waals surface area contributed by atoms with Crippen molar-refractivity contribution < 1.29 is 22.9 Å². The second-order valence-corrected chi connectivity index (χ2v) is 8.11. The number of aromatic nitrogens is 3. The van der Waals surface area contributed by atoms with E-state index in [-0.39, 0.29) is 22.3 Å². The third kappa shape index (κ3) is 5.49. The molecule has 0 spiro atoms. The fourth-order valence-corrected chi connectivity index (χ4v) is 4.03. The van der Waals surface area contributed by atoms with Crippen molar-refractivity contribution in [1.82, 2.24) is 14.8 Å². The maximum atomic E-state index is 13.2. The number of anilines is 1. The van der Waals surface area contributed by atoms with Gasteiger partial charge in [0.2, 0.25) is 5.91 Å². The molecular formula is C23H16F3N5O3S. The quantitative estimate of drug-likeness (QED) is 0.202. The highest BCUT2D eigenvalue weighted by Gasteiger charge is 2.33. The first-order chi connectivity index (χ1) is 16.7. The largest absolute Gasteiger partial charge is 0.418 e. The summed E-state index contributed by atoms with van der Waals surface area (Å²) in [7, 11) is 0. The van der Waals surface area contributed by atoms with Gasteiger partial charge in [-0.05, 0) is 24.3 Å². The zero-order valence-corrected chi connectivity index (χ0v) is 18.6. The molecule has 0 atom stereocenters. The van der Waals surface area contributed by atoms with E-state index in [2.05, 4.69) is 15.5 Å². The van der Waals surface area contributed by atoms with Gasteiger partial charge in [-0.25, -0.2) is 0 Å². The van der Waals surface area contributed by atoms with Crippen molar-refractivity contribution in [2.75, 3.05) is 11.1 Å². The average Bonchev–Trinajstić information content (AvgIpc) is 3.27. The van der Waals surface area contributed by atoms with Gasteiger partial charge in [0, 0.05) is 23.4 Å². The molecule has 178 valence electrons. The summed E-state index contributed by atoms with van der Waals surface area (Å²) in [6.07, 6.45) is -4.61. The maximum absolute atomic E-state index is 13.2. The van der Waals surface area contributed by atoms with Crippen LogP contribution in [0.15, 0.2) is 84.0 Å². The van der Waals surface area contributed by atoms with Crippen LogP contribution >= 0.6 is 11.8 Å². The predicted molar refractivity (Wildman–Crippen MR) is 124 cm³/mol. The number of carbonyl (C=O) groups is 1. The monoisotopic (exact) mass is 499 g/mol. The second-order valence-electron chi connectivity index (χ2n) is 7.16. The van der Waals surface area contributed by atoms with E-state index in [0.717, 1.165) is 17.8 Å². The molecule has 12 heteroatoms. The number of non-ortho nitro benzene ring substituents is 1. The number of para-hydroxylation sites is 2. The Kier molecular flexibility index (Phi) is 6.82. The van der Waals surface area contributed by atoms with Crippen LogP contribution in [-0.2, 0) is 11.0 Å². The predicted octanol–water partition coefficient (Wildman–Crippen LogP) is 5.59. The topological polar surface area (TPSA) is 103 Å². The smallest absolute Gasteiger partial charge is 0.325 e. The van der Waals surface area contributed by atoms with Gasteiger partial charge in [0.1, 0.15) is 0 Å². The summed E-state index contributed by atoms with van der Waals surface area (Å²) in [6.45, 7) is 0. The summed E-state index contributed by atoms with van der Waals surface area (Å²) in [4.78, 5) is 23.2. The minimum absolute atomic E-state index is 0.123. The molecule has 3 aromatic carbocycles. The van der Waals surface area contributed by atoms with E-state index in [1.807, 2.05) is 0 Å². The Morgan fingerprint density at radius 2 is 1.71 bits per heavy atom. The Morgan fingerprint density at radius 3 is 2.43 bits per heavy atom. The summed E-state index contributed by atoms with van der Waals surface area (Å²) in [5, 5.41) is 22.1. The van der Waals surface area contributed by atoms with Crippen molar-refractivity contribution in [2.45, 2.75) is 11.3 Å². The fraction of sp³-hybridized carbons (Fsp3) is 0.0870. The lowest BCUT2D eigenvalue weighted by molar-refractivity contribution is -0.384. The van der Waals surface area contributed by atoms with Crippen molar-refractivity contribution in [1.29, 1.82) is 0 Å². The lowest BCUT2D eigenvalue weighted by Crippen LogP contribution is -2.18. The number of benzene rings is 3. The van der Waals surface area contributed by atoms with Crippen LogP contribution in [-0.4, -0.2) is 31.3 Å². The third-order valence-electron chi connectivity index (χ3n) is 4.80. The molecule has 0 aliphatic heterocycles. The van der Waals surface area contributed by atoms with Crippen LogP contribution in [0.5, 0.6) is 0 Å². The van der Waals surface area contributed by atoms with Crippen molar-refractivity contribution in [3.63, 3.8) is 0 Å². The number of nitro groups is 1. The van der Waals surface area contributed by atoms with Gasteiger partial charge in [0.05, 0.1) is 21.9 Å². The summed E-state index contributed by atoms with van der Waals surface area (Å²) in [5.74, 6) is -0.594. The molecule has 1 amide bonds. The average molecular weight is 499 g/mol. The van der Waals surface area contributed by atoms with Gasteiger partial charge in [-0.15, -0.1) is 10.2 Å². The Balaban J connectivity index is 1.61. The molecule has 0 saturated heterocycles. The highest BCUT2D eigenvalue weighted by atomic mass is 32.2. The Bertz CT molecular complexity index is 1380. The van der Waals surface area contributed by atoms with E-state index in [9.17, 15) is 28.1 Å². The normalized spacial score (nSPS) is 11.3. The molecule has 0 unspecified atom stereocenters. The zero-order chi connectivity index (χ0) is 25.0. The van der Waals surface area contributed by atoms with Crippen molar-refractivity contribution in [3.05, 3.63) is 94.5 Å². The highest BCUT2D eigenvalue weighted by molar-refractivity contribution is 7.99. The number of halogens is 3. The number of carbonyl (C=O) groups excluding carboxylic acids is 1. The van der Waals surface area contributed by atoms with E-state index < -0.39 is 22.6 Å². The SMILES string of the molecule is O=C(CSc1nnc(-c2cccc([N+](=O)[O-])c2)n1-c1ccccc1)Nc1ccccc1C(F)(F)F. The van der Waals surface area contributed by atoms with Gasteiger partial charge in [-0.3, -0.25) is 19.5 Å². The molecule has 0 radical (unpaired) electrons. The molecule has 0 saturated carbocycles. The lowest BCUT2D eigenvalue weighted by atomic mass is 10.1. The minimum Gasteiger partial charge on any atom is -0.325 e. The molecule has 4 aromatic rings. The van der Waals surface area contributed by atoms with Crippen molar-refractivity contribution >= 4 is 29.0 Å². The van der Waals surface area contributed by atoms with Crippen LogP contribution in [0.1, 0.15) is 5.56 Å². The molecule has 0 fully saturated rings. The first-order valence-electron chi connectivity index (χ1n) is 10.1. The molecule has 1 heterocycles. The van der Waals surface area contributed by atoms with E-state index >= 15 is 0 Å². The zero-order valence-electron chi connectivity index (χ0n) is 17.8. The van der Waals surface area contributed by atoms with Gasteiger partial charge < -0.3 is 5.32 Å². The summed E-state index contributed by atoms with van der Waals surface area (Å²) in [5.41, 5.74) is -0.330. The number of hydrogen-bond acceptors (Lipinski definition) is 6. The number of hydrogen-bond donors (Lipinski definition) is 1. The number of nitrogens with zero attached hydrogens (tertiary/aromatic N) is 4. The first-order valence-corrected chi connectivity index (χ1v) is 11.1. The van der Waals surface area contributed by atoms with Crippen molar-refractivity contribution in [2.24, 2.45) is 0 Å². The Morgan fingerprint density at radius 1 is 1.00 bits per heavy atom. The van der Waals surface area contributed by atoms with Gasteiger partial charge in [-0.1, -0.05) is 54.2 Å².